The summed E-state index contributed by atoms with van der Waals surface area (Å²) in [6.45, 7) is 6.44. The molecule has 0 spiro atoms. The third-order valence-electron chi connectivity index (χ3n) is 3.15. The molecule has 0 radical (unpaired) electrons. The van der Waals surface area contributed by atoms with Gasteiger partial charge in [-0.1, -0.05) is 19.3 Å². The van der Waals surface area contributed by atoms with Gasteiger partial charge < -0.3 is 10.0 Å². The van der Waals surface area contributed by atoms with E-state index in [1.54, 1.807) is 0 Å². The normalized spacial score (nSPS) is 20.7. The molecule has 1 rings (SSSR count). The molecule has 0 saturated carbocycles. The molecule has 1 heterocycles. The largest absolute Gasteiger partial charge is 0.481 e. The summed E-state index contributed by atoms with van der Waals surface area (Å²) < 4.78 is 0. The zero-order chi connectivity index (χ0) is 11.3. The molecule has 0 aromatic heterocycles. The second-order valence-electron chi connectivity index (χ2n) is 5.23. The number of rotatable bonds is 3. The number of carboxylic acids is 1. The number of hydrogen-bond donors (Lipinski definition) is 1. The van der Waals surface area contributed by atoms with E-state index < -0.39 is 11.4 Å². The Bertz CT molecular complexity index is 206. The summed E-state index contributed by atoms with van der Waals surface area (Å²) in [4.78, 5) is 13.3. The van der Waals surface area contributed by atoms with Crippen molar-refractivity contribution >= 4 is 5.97 Å². The van der Waals surface area contributed by atoms with Gasteiger partial charge in [-0.15, -0.1) is 0 Å². The molecule has 0 aromatic carbocycles. The van der Waals surface area contributed by atoms with E-state index in [4.69, 9.17) is 5.11 Å². The molecule has 3 nitrogen and oxygen atoms in total. The lowest BCUT2D eigenvalue weighted by Gasteiger charge is -2.30. The molecule has 1 aliphatic heterocycles. The fraction of sp³-hybridized carbons (Fsp3) is 0.917. The summed E-state index contributed by atoms with van der Waals surface area (Å²) in [6, 6.07) is 0. The number of nitrogens with zero attached hydrogens (tertiary/aromatic N) is 1. The predicted molar refractivity (Wildman–Crippen MR) is 60.9 cm³/mol. The van der Waals surface area contributed by atoms with Gasteiger partial charge in [-0.25, -0.2) is 0 Å². The standard InChI is InChI=1S/C12H23NO2/c1-12(2,11(14)15)10-13-8-6-4-3-5-7-9-13/h3-10H2,1-2H3,(H,14,15). The number of aliphatic carboxylic acids is 1. The summed E-state index contributed by atoms with van der Waals surface area (Å²) in [7, 11) is 0. The molecular weight excluding hydrogens is 190 g/mol. The predicted octanol–water partition coefficient (Wildman–Crippen LogP) is 2.36. The van der Waals surface area contributed by atoms with Crippen LogP contribution in [0, 0.1) is 5.41 Å². The SMILES string of the molecule is CC(C)(CN1CCCCCCC1)C(=O)O. The molecule has 88 valence electrons. The van der Waals surface area contributed by atoms with Gasteiger partial charge in [0.2, 0.25) is 0 Å². The van der Waals surface area contributed by atoms with Crippen molar-refractivity contribution in [2.45, 2.75) is 46.0 Å². The number of likely N-dealkylation sites (tertiary alicyclic amines) is 1. The van der Waals surface area contributed by atoms with Crippen LogP contribution >= 0.6 is 0 Å². The Morgan fingerprint density at radius 3 is 2.07 bits per heavy atom. The van der Waals surface area contributed by atoms with Crippen molar-refractivity contribution in [3.8, 4) is 0 Å². The minimum atomic E-state index is -0.690. The Labute approximate surface area is 92.5 Å². The molecule has 1 fully saturated rings. The Hall–Kier alpha value is -0.570. The van der Waals surface area contributed by atoms with E-state index in [0.717, 1.165) is 13.1 Å². The van der Waals surface area contributed by atoms with Crippen molar-refractivity contribution in [3.05, 3.63) is 0 Å². The van der Waals surface area contributed by atoms with Crippen LogP contribution in [0.1, 0.15) is 46.0 Å². The first-order chi connectivity index (χ1) is 7.02. The van der Waals surface area contributed by atoms with Gasteiger partial charge in [-0.05, 0) is 39.8 Å². The summed E-state index contributed by atoms with van der Waals surface area (Å²) in [5.41, 5.74) is -0.612. The van der Waals surface area contributed by atoms with Crippen LogP contribution in [0.4, 0.5) is 0 Å². The molecule has 1 aliphatic rings. The molecule has 1 N–H and O–H groups in total. The van der Waals surface area contributed by atoms with Crippen LogP contribution in [0.2, 0.25) is 0 Å². The van der Waals surface area contributed by atoms with Crippen LogP contribution in [-0.2, 0) is 4.79 Å². The highest BCUT2D eigenvalue weighted by Gasteiger charge is 2.29. The van der Waals surface area contributed by atoms with E-state index in [1.165, 1.54) is 32.1 Å². The second kappa shape index (κ2) is 5.50. The lowest BCUT2D eigenvalue weighted by molar-refractivity contribution is -0.148. The van der Waals surface area contributed by atoms with Gasteiger partial charge in [-0.3, -0.25) is 4.79 Å². The molecule has 0 bridgehead atoms. The maximum Gasteiger partial charge on any atom is 0.310 e. The van der Waals surface area contributed by atoms with Crippen LogP contribution in [-0.4, -0.2) is 35.6 Å². The Kier molecular flexibility index (Phi) is 4.58. The van der Waals surface area contributed by atoms with Crippen molar-refractivity contribution in [3.63, 3.8) is 0 Å². The van der Waals surface area contributed by atoms with E-state index in [-0.39, 0.29) is 0 Å². The first-order valence-corrected chi connectivity index (χ1v) is 5.98. The second-order valence-corrected chi connectivity index (χ2v) is 5.23. The van der Waals surface area contributed by atoms with Gasteiger partial charge >= 0.3 is 5.97 Å². The highest BCUT2D eigenvalue weighted by atomic mass is 16.4. The quantitative estimate of drug-likeness (QED) is 0.782. The molecule has 0 atom stereocenters. The third kappa shape index (κ3) is 4.20. The molecule has 3 heteroatoms. The summed E-state index contributed by atoms with van der Waals surface area (Å²) in [5, 5.41) is 9.07. The van der Waals surface area contributed by atoms with Crippen LogP contribution < -0.4 is 0 Å². The van der Waals surface area contributed by atoms with Gasteiger partial charge in [0.25, 0.3) is 0 Å². The molecule has 0 aliphatic carbocycles. The average Bonchev–Trinajstić information content (AvgIpc) is 2.09. The fourth-order valence-corrected chi connectivity index (χ4v) is 2.10. The first-order valence-electron chi connectivity index (χ1n) is 5.98. The van der Waals surface area contributed by atoms with Crippen molar-refractivity contribution in [2.24, 2.45) is 5.41 Å². The highest BCUT2D eigenvalue weighted by molar-refractivity contribution is 5.73. The maximum absolute atomic E-state index is 11.0. The first kappa shape index (κ1) is 12.5. The zero-order valence-electron chi connectivity index (χ0n) is 9.96. The minimum Gasteiger partial charge on any atom is -0.481 e. The van der Waals surface area contributed by atoms with Gasteiger partial charge in [0.05, 0.1) is 5.41 Å². The number of carboxylic acid groups (broad SMARTS) is 1. The van der Waals surface area contributed by atoms with Crippen molar-refractivity contribution in [1.82, 2.24) is 4.90 Å². The molecule has 0 aromatic rings. The minimum absolute atomic E-state index is 0.612. The average molecular weight is 213 g/mol. The lowest BCUT2D eigenvalue weighted by atomic mass is 9.92. The van der Waals surface area contributed by atoms with E-state index >= 15 is 0 Å². The van der Waals surface area contributed by atoms with Crippen LogP contribution in [0.5, 0.6) is 0 Å². The van der Waals surface area contributed by atoms with E-state index in [0.29, 0.717) is 6.54 Å². The summed E-state index contributed by atoms with van der Waals surface area (Å²) in [6.07, 6.45) is 6.37. The third-order valence-corrected chi connectivity index (χ3v) is 3.15. The number of hydrogen-bond acceptors (Lipinski definition) is 2. The van der Waals surface area contributed by atoms with E-state index in [1.807, 2.05) is 13.8 Å². The van der Waals surface area contributed by atoms with Gasteiger partial charge in [0.15, 0.2) is 0 Å². The zero-order valence-corrected chi connectivity index (χ0v) is 9.96. The lowest BCUT2D eigenvalue weighted by Crippen LogP contribution is -2.40. The van der Waals surface area contributed by atoms with E-state index in [9.17, 15) is 4.79 Å². The monoisotopic (exact) mass is 213 g/mol. The maximum atomic E-state index is 11.0. The van der Waals surface area contributed by atoms with Crippen LogP contribution in [0.3, 0.4) is 0 Å². The summed E-state index contributed by atoms with van der Waals surface area (Å²) >= 11 is 0. The van der Waals surface area contributed by atoms with Crippen molar-refractivity contribution < 1.29 is 9.90 Å². The molecule has 0 unspecified atom stereocenters. The molecule has 0 amide bonds. The Morgan fingerprint density at radius 1 is 1.13 bits per heavy atom. The molecule has 1 saturated heterocycles. The summed E-state index contributed by atoms with van der Waals surface area (Å²) in [5.74, 6) is -0.690. The van der Waals surface area contributed by atoms with Crippen LogP contribution in [0.15, 0.2) is 0 Å². The molecular formula is C12H23NO2. The topological polar surface area (TPSA) is 40.5 Å². The highest BCUT2D eigenvalue weighted by Crippen LogP contribution is 2.19. The van der Waals surface area contributed by atoms with E-state index in [2.05, 4.69) is 4.90 Å². The Morgan fingerprint density at radius 2 is 1.60 bits per heavy atom. The smallest absolute Gasteiger partial charge is 0.310 e. The van der Waals surface area contributed by atoms with Gasteiger partial charge in [0.1, 0.15) is 0 Å². The fourth-order valence-electron chi connectivity index (χ4n) is 2.10. The van der Waals surface area contributed by atoms with Gasteiger partial charge in [-0.2, -0.15) is 0 Å². The van der Waals surface area contributed by atoms with Crippen molar-refractivity contribution in [2.75, 3.05) is 19.6 Å². The van der Waals surface area contributed by atoms with Gasteiger partial charge in [0, 0.05) is 6.54 Å². The van der Waals surface area contributed by atoms with Crippen molar-refractivity contribution in [1.29, 1.82) is 0 Å². The molecule has 15 heavy (non-hydrogen) atoms. The number of carbonyl (C=O) groups is 1. The Balaban J connectivity index is 2.44. The van der Waals surface area contributed by atoms with Crippen LogP contribution in [0.25, 0.3) is 0 Å².